The van der Waals surface area contributed by atoms with Crippen molar-refractivity contribution in [3.8, 4) is 0 Å². The van der Waals surface area contributed by atoms with Gasteiger partial charge >= 0.3 is 0 Å². The number of ether oxygens (including phenoxy) is 1. The van der Waals surface area contributed by atoms with Crippen LogP contribution in [0, 0.1) is 0 Å². The summed E-state index contributed by atoms with van der Waals surface area (Å²) >= 11 is 0. The van der Waals surface area contributed by atoms with Crippen molar-refractivity contribution in [1.29, 1.82) is 0 Å². The molecule has 2 saturated heterocycles. The van der Waals surface area contributed by atoms with Crippen LogP contribution in [-0.4, -0.2) is 79.8 Å². The molecule has 8 heteroatoms. The second-order valence-corrected chi connectivity index (χ2v) is 8.30. The number of nitrogens with one attached hydrogen (secondary N) is 1. The summed E-state index contributed by atoms with van der Waals surface area (Å²) in [5.41, 5.74) is 2.54. The van der Waals surface area contributed by atoms with Crippen LogP contribution in [0.5, 0.6) is 0 Å². The summed E-state index contributed by atoms with van der Waals surface area (Å²) in [6.07, 6.45) is 2.22. The molecule has 2 aliphatic heterocycles. The van der Waals surface area contributed by atoms with E-state index in [9.17, 15) is 0 Å². The second-order valence-electron chi connectivity index (χ2n) is 8.30. The molecule has 1 atom stereocenters. The van der Waals surface area contributed by atoms with Crippen molar-refractivity contribution in [2.45, 2.75) is 26.1 Å². The van der Waals surface area contributed by atoms with Crippen LogP contribution in [0.15, 0.2) is 53.7 Å². The van der Waals surface area contributed by atoms with E-state index in [1.54, 1.807) is 0 Å². The zero-order chi connectivity index (χ0) is 21.5. The van der Waals surface area contributed by atoms with Crippen molar-refractivity contribution < 1.29 is 4.74 Å². The number of nitrogens with zero attached hydrogens (tertiary/aromatic N) is 5. The summed E-state index contributed by atoms with van der Waals surface area (Å²) in [6, 6.07) is 15.0. The highest BCUT2D eigenvalue weighted by molar-refractivity contribution is 14.0. The Morgan fingerprint density at radius 2 is 1.84 bits per heavy atom. The molecule has 0 amide bonds. The Bertz CT molecular complexity index is 839. The first-order valence-corrected chi connectivity index (χ1v) is 11.2. The maximum absolute atomic E-state index is 5.62. The highest BCUT2D eigenvalue weighted by Gasteiger charge is 2.20. The lowest BCUT2D eigenvalue weighted by atomic mass is 10.2. The predicted octanol–water partition coefficient (Wildman–Crippen LogP) is 2.82. The van der Waals surface area contributed by atoms with Crippen molar-refractivity contribution in [3.63, 3.8) is 0 Å². The standard InChI is InChI=1S/C24H34N6O.HI/c1-20-18-30(14-15-31-20)23-9-8-22(16-26-23)17-27-24(25-2)29-12-10-28(11-13-29)19-21-6-4-3-5-7-21;/h3-9,16,20H,10-15,17-19H2,1-2H3,(H,25,27);1H. The fraction of sp³-hybridized carbons (Fsp3) is 0.500. The van der Waals surface area contributed by atoms with Gasteiger partial charge in [0.05, 0.1) is 12.7 Å². The first-order chi connectivity index (χ1) is 15.2. The Labute approximate surface area is 208 Å². The van der Waals surface area contributed by atoms with Crippen LogP contribution < -0.4 is 10.2 Å². The lowest BCUT2D eigenvalue weighted by molar-refractivity contribution is 0.0529. The number of pyridine rings is 1. The SMILES string of the molecule is CN=C(NCc1ccc(N2CCOC(C)C2)nc1)N1CCN(Cc2ccccc2)CC1.I. The highest BCUT2D eigenvalue weighted by Crippen LogP contribution is 2.15. The van der Waals surface area contributed by atoms with Crippen molar-refractivity contribution in [2.24, 2.45) is 4.99 Å². The van der Waals surface area contributed by atoms with Crippen molar-refractivity contribution in [1.82, 2.24) is 20.1 Å². The van der Waals surface area contributed by atoms with Gasteiger partial charge in [-0.2, -0.15) is 0 Å². The Morgan fingerprint density at radius 1 is 1.06 bits per heavy atom. The van der Waals surface area contributed by atoms with E-state index in [1.165, 1.54) is 5.56 Å². The van der Waals surface area contributed by atoms with Crippen LogP contribution in [0.2, 0.25) is 0 Å². The molecule has 0 spiro atoms. The predicted molar refractivity (Wildman–Crippen MR) is 141 cm³/mol. The summed E-state index contributed by atoms with van der Waals surface area (Å²) in [4.78, 5) is 16.3. The van der Waals surface area contributed by atoms with E-state index in [4.69, 9.17) is 4.74 Å². The van der Waals surface area contributed by atoms with E-state index in [1.807, 2.05) is 13.2 Å². The van der Waals surface area contributed by atoms with Crippen LogP contribution in [0.4, 0.5) is 5.82 Å². The van der Waals surface area contributed by atoms with Crippen LogP contribution in [0.25, 0.3) is 0 Å². The summed E-state index contributed by atoms with van der Waals surface area (Å²) in [7, 11) is 1.86. The molecule has 1 unspecified atom stereocenters. The Hall–Kier alpha value is -1.91. The number of aliphatic imine (C=N–C) groups is 1. The van der Waals surface area contributed by atoms with Gasteiger partial charge in [0, 0.05) is 65.6 Å². The number of halogens is 1. The molecule has 4 rings (SSSR count). The summed E-state index contributed by atoms with van der Waals surface area (Å²) in [5.74, 6) is 1.99. The molecule has 0 saturated carbocycles. The lowest BCUT2D eigenvalue weighted by Crippen LogP contribution is -2.52. The number of rotatable bonds is 5. The molecule has 0 bridgehead atoms. The molecule has 0 radical (unpaired) electrons. The molecule has 1 N–H and O–H groups in total. The minimum absolute atomic E-state index is 0. The zero-order valence-corrected chi connectivity index (χ0v) is 21.4. The zero-order valence-electron chi connectivity index (χ0n) is 19.1. The molecule has 3 heterocycles. The molecule has 7 nitrogen and oxygen atoms in total. The molecular formula is C24H35IN6O. The van der Waals surface area contributed by atoms with Gasteiger partial charge in [0.1, 0.15) is 5.82 Å². The van der Waals surface area contributed by atoms with Gasteiger partial charge in [0.25, 0.3) is 0 Å². The van der Waals surface area contributed by atoms with Crippen molar-refractivity contribution in [3.05, 3.63) is 59.8 Å². The maximum atomic E-state index is 5.62. The van der Waals surface area contributed by atoms with Gasteiger partial charge < -0.3 is 19.9 Å². The molecule has 2 fully saturated rings. The van der Waals surface area contributed by atoms with E-state index in [-0.39, 0.29) is 30.1 Å². The molecule has 2 aliphatic rings. The number of benzene rings is 1. The van der Waals surface area contributed by atoms with E-state index < -0.39 is 0 Å². The van der Waals surface area contributed by atoms with E-state index in [0.717, 1.165) is 76.3 Å². The maximum Gasteiger partial charge on any atom is 0.194 e. The lowest BCUT2D eigenvalue weighted by Gasteiger charge is -2.36. The van der Waals surface area contributed by atoms with Crippen LogP contribution in [0.1, 0.15) is 18.1 Å². The number of aromatic nitrogens is 1. The monoisotopic (exact) mass is 550 g/mol. The third-order valence-electron chi connectivity index (χ3n) is 5.96. The van der Waals surface area contributed by atoms with Crippen molar-refractivity contribution in [2.75, 3.05) is 57.8 Å². The summed E-state index contributed by atoms with van der Waals surface area (Å²) < 4.78 is 5.62. The van der Waals surface area contributed by atoms with Gasteiger partial charge in [-0.15, -0.1) is 24.0 Å². The average molecular weight is 550 g/mol. The fourth-order valence-corrected chi connectivity index (χ4v) is 4.21. The summed E-state index contributed by atoms with van der Waals surface area (Å²) in [6.45, 7) is 10.5. The smallest absolute Gasteiger partial charge is 0.194 e. The summed E-state index contributed by atoms with van der Waals surface area (Å²) in [5, 5.41) is 3.51. The van der Waals surface area contributed by atoms with Gasteiger partial charge in [-0.1, -0.05) is 36.4 Å². The molecule has 0 aliphatic carbocycles. The van der Waals surface area contributed by atoms with Gasteiger partial charge in [0.2, 0.25) is 0 Å². The Balaban J connectivity index is 0.00000289. The largest absolute Gasteiger partial charge is 0.375 e. The Morgan fingerprint density at radius 3 is 2.50 bits per heavy atom. The van der Waals surface area contributed by atoms with Gasteiger partial charge in [-0.25, -0.2) is 4.98 Å². The van der Waals surface area contributed by atoms with E-state index in [0.29, 0.717) is 0 Å². The van der Waals surface area contributed by atoms with Gasteiger partial charge in [-0.05, 0) is 24.1 Å². The number of guanidine groups is 1. The third kappa shape index (κ3) is 6.79. The fourth-order valence-electron chi connectivity index (χ4n) is 4.21. The van der Waals surface area contributed by atoms with E-state index in [2.05, 4.69) is 79.4 Å². The second kappa shape index (κ2) is 12.4. The molecule has 174 valence electrons. The molecule has 1 aromatic heterocycles. The van der Waals surface area contributed by atoms with Crippen LogP contribution in [0.3, 0.4) is 0 Å². The number of hydrogen-bond acceptors (Lipinski definition) is 5. The first-order valence-electron chi connectivity index (χ1n) is 11.2. The normalized spacial score (nSPS) is 20.1. The quantitative estimate of drug-likeness (QED) is 0.351. The molecular weight excluding hydrogens is 515 g/mol. The minimum Gasteiger partial charge on any atom is -0.375 e. The first kappa shape index (κ1) is 24.7. The number of anilines is 1. The highest BCUT2D eigenvalue weighted by atomic mass is 127. The number of piperazine rings is 1. The molecule has 2 aromatic rings. The van der Waals surface area contributed by atoms with Gasteiger partial charge in [0.15, 0.2) is 5.96 Å². The minimum atomic E-state index is 0. The molecule has 32 heavy (non-hydrogen) atoms. The Kier molecular flexibility index (Phi) is 9.55. The van der Waals surface area contributed by atoms with E-state index >= 15 is 0 Å². The van der Waals surface area contributed by atoms with Crippen molar-refractivity contribution >= 4 is 35.8 Å². The number of morpholine rings is 1. The average Bonchev–Trinajstić information content (AvgIpc) is 2.81. The topological polar surface area (TPSA) is 56.2 Å². The van der Waals surface area contributed by atoms with Gasteiger partial charge in [-0.3, -0.25) is 9.89 Å². The van der Waals surface area contributed by atoms with Crippen LogP contribution in [-0.2, 0) is 17.8 Å². The van der Waals surface area contributed by atoms with Crippen LogP contribution >= 0.6 is 24.0 Å². The number of hydrogen-bond donors (Lipinski definition) is 1. The third-order valence-corrected chi connectivity index (χ3v) is 5.96. The molecule has 1 aromatic carbocycles.